The molecule has 0 bridgehead atoms. The van der Waals surface area contributed by atoms with Crippen molar-refractivity contribution in [2.24, 2.45) is 0 Å². The average Bonchev–Trinajstić information content (AvgIpc) is 2.86. The van der Waals surface area contributed by atoms with Gasteiger partial charge in [-0.05, 0) is 37.6 Å². The van der Waals surface area contributed by atoms with Gasteiger partial charge in [0, 0.05) is 11.4 Å². The SMILES string of the molecule is Cc1nn(Cc2ccc(Cl)s2)c2c1CCNC2.Cl. The molecule has 3 nitrogen and oxygen atoms in total. The van der Waals surface area contributed by atoms with Gasteiger partial charge in [-0.15, -0.1) is 23.7 Å². The number of hydrogen-bond donors (Lipinski definition) is 1. The van der Waals surface area contributed by atoms with Crippen molar-refractivity contribution in [2.45, 2.75) is 26.4 Å². The van der Waals surface area contributed by atoms with Gasteiger partial charge in [0.25, 0.3) is 0 Å². The van der Waals surface area contributed by atoms with Gasteiger partial charge < -0.3 is 5.32 Å². The number of thiophene rings is 1. The van der Waals surface area contributed by atoms with E-state index >= 15 is 0 Å². The maximum Gasteiger partial charge on any atom is 0.0931 e. The van der Waals surface area contributed by atoms with Crippen molar-refractivity contribution in [1.29, 1.82) is 0 Å². The molecule has 0 fully saturated rings. The first-order valence-electron chi connectivity index (χ1n) is 5.74. The van der Waals surface area contributed by atoms with Crippen LogP contribution in [-0.4, -0.2) is 16.3 Å². The molecule has 0 atom stereocenters. The van der Waals surface area contributed by atoms with Crippen LogP contribution in [0, 0.1) is 6.92 Å². The zero-order valence-corrected chi connectivity index (χ0v) is 12.5. The van der Waals surface area contributed by atoms with E-state index in [-0.39, 0.29) is 12.4 Å². The Balaban J connectivity index is 0.00000120. The normalized spacial score (nSPS) is 14.1. The van der Waals surface area contributed by atoms with Gasteiger partial charge in [-0.1, -0.05) is 11.6 Å². The van der Waals surface area contributed by atoms with E-state index in [0.29, 0.717) is 0 Å². The second kappa shape index (κ2) is 5.61. The molecule has 0 aliphatic carbocycles. The minimum atomic E-state index is 0. The predicted molar refractivity (Wildman–Crippen MR) is 78.1 cm³/mol. The highest BCUT2D eigenvalue weighted by Crippen LogP contribution is 2.24. The molecule has 0 aromatic carbocycles. The lowest BCUT2D eigenvalue weighted by Crippen LogP contribution is -2.25. The molecule has 3 rings (SSSR count). The third-order valence-corrected chi connectivity index (χ3v) is 4.36. The summed E-state index contributed by atoms with van der Waals surface area (Å²) in [5.74, 6) is 0. The Morgan fingerprint density at radius 2 is 2.33 bits per heavy atom. The summed E-state index contributed by atoms with van der Waals surface area (Å²) in [5, 5.41) is 8.04. The zero-order valence-electron chi connectivity index (χ0n) is 10.1. The first kappa shape index (κ1) is 13.9. The number of nitrogens with zero attached hydrogens (tertiary/aromatic N) is 2. The van der Waals surface area contributed by atoms with Crippen LogP contribution in [-0.2, 0) is 19.5 Å². The molecule has 1 N–H and O–H groups in total. The first-order chi connectivity index (χ1) is 8.24. The molecule has 2 aromatic rings. The van der Waals surface area contributed by atoms with Crippen LogP contribution in [0.15, 0.2) is 12.1 Å². The van der Waals surface area contributed by atoms with E-state index in [1.165, 1.54) is 21.8 Å². The quantitative estimate of drug-likeness (QED) is 0.924. The van der Waals surface area contributed by atoms with Gasteiger partial charge in [-0.2, -0.15) is 5.10 Å². The minimum Gasteiger partial charge on any atom is -0.311 e. The molecule has 2 aromatic heterocycles. The molecule has 0 saturated heterocycles. The Bertz CT molecular complexity index is 548. The maximum absolute atomic E-state index is 5.95. The molecule has 6 heteroatoms. The Labute approximate surface area is 122 Å². The molecule has 1 aliphatic heterocycles. The van der Waals surface area contributed by atoms with Crippen molar-refractivity contribution in [3.8, 4) is 0 Å². The standard InChI is InChI=1S/C12H14ClN3S.ClH/c1-8-10-4-5-14-6-11(10)16(15-8)7-9-2-3-12(13)17-9;/h2-3,14H,4-7H2,1H3;1H. The van der Waals surface area contributed by atoms with Gasteiger partial charge in [0.2, 0.25) is 0 Å². The number of hydrogen-bond acceptors (Lipinski definition) is 3. The topological polar surface area (TPSA) is 29.9 Å². The lowest BCUT2D eigenvalue weighted by molar-refractivity contribution is 0.572. The van der Waals surface area contributed by atoms with Crippen LogP contribution in [0.1, 0.15) is 21.8 Å². The van der Waals surface area contributed by atoms with Crippen molar-refractivity contribution in [3.05, 3.63) is 38.3 Å². The van der Waals surface area contributed by atoms with Crippen molar-refractivity contribution < 1.29 is 0 Å². The first-order valence-corrected chi connectivity index (χ1v) is 6.93. The molecule has 98 valence electrons. The van der Waals surface area contributed by atoms with Gasteiger partial charge in [-0.25, -0.2) is 0 Å². The Kier molecular flexibility index (Phi) is 4.33. The van der Waals surface area contributed by atoms with E-state index in [1.807, 2.05) is 6.07 Å². The van der Waals surface area contributed by atoms with Gasteiger partial charge >= 0.3 is 0 Å². The highest BCUT2D eigenvalue weighted by atomic mass is 35.5. The highest BCUT2D eigenvalue weighted by molar-refractivity contribution is 7.16. The summed E-state index contributed by atoms with van der Waals surface area (Å²) in [4.78, 5) is 1.26. The molecule has 1 aliphatic rings. The van der Waals surface area contributed by atoms with Gasteiger partial charge in [0.15, 0.2) is 0 Å². The van der Waals surface area contributed by atoms with Crippen molar-refractivity contribution in [3.63, 3.8) is 0 Å². The lowest BCUT2D eigenvalue weighted by Gasteiger charge is -2.15. The van der Waals surface area contributed by atoms with Crippen LogP contribution in [0.25, 0.3) is 0 Å². The Hall–Kier alpha value is -0.550. The van der Waals surface area contributed by atoms with Gasteiger partial charge in [0.1, 0.15) is 0 Å². The number of aromatic nitrogens is 2. The van der Waals surface area contributed by atoms with Gasteiger partial charge in [-0.3, -0.25) is 4.68 Å². The second-order valence-electron chi connectivity index (χ2n) is 4.30. The summed E-state index contributed by atoms with van der Waals surface area (Å²) in [6, 6.07) is 4.02. The number of fused-ring (bicyclic) bond motifs is 1. The Morgan fingerprint density at radius 3 is 3.06 bits per heavy atom. The predicted octanol–water partition coefficient (Wildman–Crippen LogP) is 3.02. The third kappa shape index (κ3) is 2.57. The summed E-state index contributed by atoms with van der Waals surface area (Å²) in [7, 11) is 0. The molecule has 0 spiro atoms. The Morgan fingerprint density at radius 1 is 1.50 bits per heavy atom. The van der Waals surface area contributed by atoms with Crippen LogP contribution in [0.3, 0.4) is 0 Å². The molecule has 0 saturated carbocycles. The van der Waals surface area contributed by atoms with Crippen LogP contribution in [0.4, 0.5) is 0 Å². The summed E-state index contributed by atoms with van der Waals surface area (Å²) in [5.41, 5.74) is 3.92. The molecule has 0 radical (unpaired) electrons. The smallest absolute Gasteiger partial charge is 0.0931 e. The number of rotatable bonds is 2. The summed E-state index contributed by atoms with van der Waals surface area (Å²) < 4.78 is 2.95. The van der Waals surface area contributed by atoms with E-state index in [1.54, 1.807) is 11.3 Å². The minimum absolute atomic E-state index is 0. The molecule has 0 amide bonds. The lowest BCUT2D eigenvalue weighted by atomic mass is 10.1. The summed E-state index contributed by atoms with van der Waals surface area (Å²) in [6.45, 7) is 4.91. The van der Waals surface area contributed by atoms with E-state index in [9.17, 15) is 0 Å². The largest absolute Gasteiger partial charge is 0.311 e. The summed E-state index contributed by atoms with van der Waals surface area (Å²) in [6.07, 6.45) is 1.09. The number of halogens is 2. The fraction of sp³-hybridized carbons (Fsp3) is 0.417. The molecule has 18 heavy (non-hydrogen) atoms. The van der Waals surface area contributed by atoms with Crippen molar-refractivity contribution >= 4 is 35.3 Å². The number of aryl methyl sites for hydroxylation is 1. The summed E-state index contributed by atoms with van der Waals surface area (Å²) >= 11 is 7.58. The van der Waals surface area contributed by atoms with Crippen LogP contribution in [0.5, 0.6) is 0 Å². The van der Waals surface area contributed by atoms with E-state index < -0.39 is 0 Å². The molecular formula is C12H15Cl2N3S. The average molecular weight is 304 g/mol. The van der Waals surface area contributed by atoms with E-state index in [0.717, 1.165) is 30.4 Å². The fourth-order valence-electron chi connectivity index (χ4n) is 2.32. The van der Waals surface area contributed by atoms with Crippen LogP contribution in [0.2, 0.25) is 4.34 Å². The maximum atomic E-state index is 5.95. The van der Waals surface area contributed by atoms with Crippen LogP contribution >= 0.6 is 35.3 Å². The van der Waals surface area contributed by atoms with Crippen LogP contribution < -0.4 is 5.32 Å². The fourth-order valence-corrected chi connectivity index (χ4v) is 3.39. The molecule has 0 unspecified atom stereocenters. The van der Waals surface area contributed by atoms with E-state index in [2.05, 4.69) is 28.1 Å². The zero-order chi connectivity index (χ0) is 11.8. The highest BCUT2D eigenvalue weighted by Gasteiger charge is 2.18. The van der Waals surface area contributed by atoms with E-state index in [4.69, 9.17) is 11.6 Å². The van der Waals surface area contributed by atoms with Gasteiger partial charge in [0.05, 0.1) is 22.3 Å². The third-order valence-electron chi connectivity index (χ3n) is 3.15. The van der Waals surface area contributed by atoms with Crippen molar-refractivity contribution in [2.75, 3.05) is 6.54 Å². The van der Waals surface area contributed by atoms with Crippen molar-refractivity contribution in [1.82, 2.24) is 15.1 Å². The number of nitrogens with one attached hydrogen (secondary N) is 1. The monoisotopic (exact) mass is 303 g/mol. The molecule has 3 heterocycles. The second-order valence-corrected chi connectivity index (χ2v) is 6.10. The molecular weight excluding hydrogens is 289 g/mol.